The van der Waals surface area contributed by atoms with Crippen LogP contribution in [0.25, 0.3) is 22.2 Å². The molecule has 166 valence electrons. The van der Waals surface area contributed by atoms with Crippen LogP contribution in [0.15, 0.2) is 60.5 Å². The Balaban J connectivity index is 1.43. The first-order valence-electron chi connectivity index (χ1n) is 10.3. The molecule has 1 N–H and O–H groups in total. The molecule has 0 radical (unpaired) electrons. The number of hydrogen-bond donors (Lipinski definition) is 1. The quantitative estimate of drug-likeness (QED) is 0.400. The van der Waals surface area contributed by atoms with E-state index in [9.17, 15) is 4.79 Å². The molecule has 0 fully saturated rings. The first kappa shape index (κ1) is 21.0. The summed E-state index contributed by atoms with van der Waals surface area (Å²) < 4.78 is 8.86. The SMILES string of the molecule is COCc1c(C(=O)NCc2cnc3ccccn23)cnn1-c1ncc(C)c(-c2cccs2)n1. The van der Waals surface area contributed by atoms with E-state index in [1.165, 1.54) is 6.20 Å². The molecule has 33 heavy (non-hydrogen) atoms. The number of methoxy groups -OCH3 is 1. The van der Waals surface area contributed by atoms with Gasteiger partial charge >= 0.3 is 0 Å². The van der Waals surface area contributed by atoms with Crippen LogP contribution >= 0.6 is 11.3 Å². The number of pyridine rings is 1. The number of hydrogen-bond acceptors (Lipinski definition) is 7. The maximum absolute atomic E-state index is 13.0. The first-order chi connectivity index (χ1) is 16.2. The van der Waals surface area contributed by atoms with E-state index in [1.54, 1.807) is 35.5 Å². The van der Waals surface area contributed by atoms with Crippen molar-refractivity contribution >= 4 is 22.9 Å². The normalized spacial score (nSPS) is 11.2. The summed E-state index contributed by atoms with van der Waals surface area (Å²) in [5.41, 5.74) is 4.50. The molecule has 5 rings (SSSR count). The van der Waals surface area contributed by atoms with E-state index in [1.807, 2.05) is 53.2 Å². The predicted octanol–water partition coefficient (Wildman–Crippen LogP) is 3.42. The highest BCUT2D eigenvalue weighted by Crippen LogP contribution is 2.26. The minimum absolute atomic E-state index is 0.184. The van der Waals surface area contributed by atoms with Crippen molar-refractivity contribution in [1.29, 1.82) is 0 Å². The molecular weight excluding hydrogens is 438 g/mol. The molecule has 0 aromatic carbocycles. The molecule has 0 saturated carbocycles. The lowest BCUT2D eigenvalue weighted by atomic mass is 10.2. The van der Waals surface area contributed by atoms with Gasteiger partial charge in [0.05, 0.1) is 53.1 Å². The van der Waals surface area contributed by atoms with Crippen LogP contribution in [0, 0.1) is 6.92 Å². The number of thiophene rings is 1. The summed E-state index contributed by atoms with van der Waals surface area (Å²) in [5, 5.41) is 9.37. The van der Waals surface area contributed by atoms with Crippen molar-refractivity contribution in [2.24, 2.45) is 0 Å². The van der Waals surface area contributed by atoms with E-state index in [2.05, 4.69) is 20.4 Å². The molecule has 5 aromatic rings. The minimum atomic E-state index is -0.259. The van der Waals surface area contributed by atoms with Gasteiger partial charge in [-0.1, -0.05) is 12.1 Å². The number of carbonyl (C=O) groups excluding carboxylic acids is 1. The number of carbonyl (C=O) groups is 1. The molecule has 0 atom stereocenters. The third-order valence-corrected chi connectivity index (χ3v) is 6.10. The Morgan fingerprint density at radius 2 is 2.06 bits per heavy atom. The fraction of sp³-hybridized carbons (Fsp3) is 0.174. The highest BCUT2D eigenvalue weighted by atomic mass is 32.1. The number of imidazole rings is 1. The Bertz CT molecular complexity index is 1420. The number of aryl methyl sites for hydroxylation is 1. The summed E-state index contributed by atoms with van der Waals surface area (Å²) in [6.45, 7) is 2.48. The van der Waals surface area contributed by atoms with Crippen molar-refractivity contribution in [1.82, 2.24) is 34.4 Å². The first-order valence-corrected chi connectivity index (χ1v) is 11.2. The standard InChI is InChI=1S/C23H21N7O2S/c1-15-10-26-23(28-21(15)19-6-5-9-33-19)30-18(14-32-2)17(13-27-30)22(31)25-12-16-11-24-20-7-3-4-8-29(16)20/h3-11,13H,12,14H2,1-2H3,(H,25,31). The number of nitrogens with zero attached hydrogens (tertiary/aromatic N) is 6. The lowest BCUT2D eigenvalue weighted by Crippen LogP contribution is -2.24. The van der Waals surface area contributed by atoms with Crippen LogP contribution in [0.3, 0.4) is 0 Å². The Morgan fingerprint density at radius 1 is 1.15 bits per heavy atom. The predicted molar refractivity (Wildman–Crippen MR) is 124 cm³/mol. The summed E-state index contributed by atoms with van der Waals surface area (Å²) in [5.74, 6) is 0.127. The van der Waals surface area contributed by atoms with Gasteiger partial charge in [0.15, 0.2) is 0 Å². The average Bonchev–Trinajstić information content (AvgIpc) is 3.58. The molecule has 0 aliphatic heterocycles. The summed E-state index contributed by atoms with van der Waals surface area (Å²) in [6, 6.07) is 9.76. The summed E-state index contributed by atoms with van der Waals surface area (Å²) in [4.78, 5) is 27.6. The Kier molecular flexibility index (Phi) is 5.68. The highest BCUT2D eigenvalue weighted by Gasteiger charge is 2.21. The van der Waals surface area contributed by atoms with Gasteiger partial charge in [-0.15, -0.1) is 11.3 Å². The summed E-state index contributed by atoms with van der Waals surface area (Å²) >= 11 is 1.61. The number of ether oxygens (including phenoxy) is 1. The van der Waals surface area contributed by atoms with Crippen LogP contribution in [-0.2, 0) is 17.9 Å². The van der Waals surface area contributed by atoms with Gasteiger partial charge in [-0.3, -0.25) is 4.79 Å². The highest BCUT2D eigenvalue weighted by molar-refractivity contribution is 7.13. The molecule has 5 aromatic heterocycles. The van der Waals surface area contributed by atoms with Crippen molar-refractivity contribution in [3.63, 3.8) is 0 Å². The molecule has 9 nitrogen and oxygen atoms in total. The van der Waals surface area contributed by atoms with Crippen LogP contribution in [0.2, 0.25) is 0 Å². The monoisotopic (exact) mass is 459 g/mol. The van der Waals surface area contributed by atoms with Crippen molar-refractivity contribution in [2.75, 3.05) is 7.11 Å². The second-order valence-corrected chi connectivity index (χ2v) is 8.34. The summed E-state index contributed by atoms with van der Waals surface area (Å²) in [6.07, 6.45) is 6.95. The fourth-order valence-corrected chi connectivity index (χ4v) is 4.37. The zero-order valence-electron chi connectivity index (χ0n) is 18.1. The number of rotatable bonds is 7. The van der Waals surface area contributed by atoms with E-state index >= 15 is 0 Å². The third kappa shape index (κ3) is 4.01. The lowest BCUT2D eigenvalue weighted by Gasteiger charge is -2.10. The van der Waals surface area contributed by atoms with Crippen LogP contribution < -0.4 is 5.32 Å². The van der Waals surface area contributed by atoms with Crippen LogP contribution in [0.1, 0.15) is 27.3 Å². The van der Waals surface area contributed by atoms with Crippen LogP contribution in [0.5, 0.6) is 0 Å². The van der Waals surface area contributed by atoms with Crippen molar-refractivity contribution in [3.8, 4) is 16.5 Å². The van der Waals surface area contributed by atoms with Gasteiger partial charge in [-0.2, -0.15) is 9.78 Å². The number of fused-ring (bicyclic) bond motifs is 1. The van der Waals surface area contributed by atoms with Gasteiger partial charge in [0.1, 0.15) is 5.65 Å². The Hall–Kier alpha value is -3.89. The molecule has 0 spiro atoms. The molecule has 5 heterocycles. The van der Waals surface area contributed by atoms with Gasteiger partial charge in [0, 0.05) is 19.5 Å². The largest absolute Gasteiger partial charge is 0.378 e. The molecular formula is C23H21N7O2S. The van der Waals surface area contributed by atoms with Crippen LogP contribution in [-0.4, -0.2) is 42.2 Å². The zero-order chi connectivity index (χ0) is 22.8. The topological polar surface area (TPSA) is 99.2 Å². The summed E-state index contributed by atoms with van der Waals surface area (Å²) in [7, 11) is 1.57. The molecule has 0 aliphatic rings. The van der Waals surface area contributed by atoms with Crippen molar-refractivity contribution < 1.29 is 9.53 Å². The Labute approximate surface area is 193 Å². The molecule has 0 bridgehead atoms. The second kappa shape index (κ2) is 8.93. The molecule has 0 unspecified atom stereocenters. The maximum atomic E-state index is 13.0. The van der Waals surface area contributed by atoms with E-state index in [-0.39, 0.29) is 12.5 Å². The van der Waals surface area contributed by atoms with Gasteiger partial charge in [-0.05, 0) is 36.1 Å². The minimum Gasteiger partial charge on any atom is -0.378 e. The molecule has 1 amide bonds. The lowest BCUT2D eigenvalue weighted by molar-refractivity contribution is 0.0945. The molecule has 10 heteroatoms. The van der Waals surface area contributed by atoms with Gasteiger partial charge < -0.3 is 14.5 Å². The van der Waals surface area contributed by atoms with E-state index in [0.29, 0.717) is 23.8 Å². The zero-order valence-corrected chi connectivity index (χ0v) is 18.9. The average molecular weight is 460 g/mol. The smallest absolute Gasteiger partial charge is 0.255 e. The number of nitrogens with one attached hydrogen (secondary N) is 1. The fourth-order valence-electron chi connectivity index (χ4n) is 3.59. The van der Waals surface area contributed by atoms with E-state index < -0.39 is 0 Å². The van der Waals surface area contributed by atoms with Gasteiger partial charge in [-0.25, -0.2) is 15.0 Å². The van der Waals surface area contributed by atoms with Gasteiger partial charge in [0.25, 0.3) is 11.9 Å². The van der Waals surface area contributed by atoms with E-state index in [0.717, 1.165) is 27.5 Å². The van der Waals surface area contributed by atoms with Crippen molar-refractivity contribution in [3.05, 3.63) is 83.0 Å². The molecule has 0 aliphatic carbocycles. The van der Waals surface area contributed by atoms with Gasteiger partial charge in [0.2, 0.25) is 0 Å². The number of amides is 1. The van der Waals surface area contributed by atoms with E-state index in [4.69, 9.17) is 9.72 Å². The number of aromatic nitrogens is 6. The Morgan fingerprint density at radius 3 is 2.88 bits per heavy atom. The van der Waals surface area contributed by atoms with Crippen LogP contribution in [0.4, 0.5) is 0 Å². The third-order valence-electron chi connectivity index (χ3n) is 5.22. The molecule has 0 saturated heterocycles. The van der Waals surface area contributed by atoms with Crippen molar-refractivity contribution in [2.45, 2.75) is 20.1 Å². The second-order valence-electron chi connectivity index (χ2n) is 7.39. The maximum Gasteiger partial charge on any atom is 0.255 e.